The Morgan fingerprint density at radius 1 is 1.26 bits per heavy atom. The Labute approximate surface area is 155 Å². The standard InChI is InChI=1S/C16H25N5O.HI/c1-3-17-16(19-9-7-15-6-4-5-8-18-15)21-12-10-20(11-13-21)14(2)22;/h4-6,8H,3,7,9-13H2,1-2H3,(H,17,19);1H. The van der Waals surface area contributed by atoms with Crippen molar-refractivity contribution in [1.82, 2.24) is 20.1 Å². The highest BCUT2D eigenvalue weighted by Crippen LogP contribution is 2.03. The Kier molecular flexibility index (Phi) is 8.90. The van der Waals surface area contributed by atoms with Gasteiger partial charge in [0.2, 0.25) is 5.91 Å². The minimum absolute atomic E-state index is 0. The predicted molar refractivity (Wildman–Crippen MR) is 103 cm³/mol. The highest BCUT2D eigenvalue weighted by Gasteiger charge is 2.20. The van der Waals surface area contributed by atoms with Crippen molar-refractivity contribution in [2.24, 2.45) is 4.99 Å². The maximum atomic E-state index is 11.4. The third-order valence-electron chi connectivity index (χ3n) is 3.72. The summed E-state index contributed by atoms with van der Waals surface area (Å²) in [6.45, 7) is 8.44. The van der Waals surface area contributed by atoms with Crippen LogP contribution in [0.4, 0.5) is 0 Å². The number of pyridine rings is 1. The number of hydrogen-bond donors (Lipinski definition) is 1. The SMILES string of the molecule is CCNC(=NCCc1ccccn1)N1CCN(C(C)=O)CC1.I. The van der Waals surface area contributed by atoms with Crippen molar-refractivity contribution in [1.29, 1.82) is 0 Å². The molecule has 1 amide bonds. The minimum atomic E-state index is 0. The molecule has 1 N–H and O–H groups in total. The second-order valence-electron chi connectivity index (χ2n) is 5.30. The molecule has 2 rings (SSSR count). The molecule has 1 aromatic heterocycles. The third-order valence-corrected chi connectivity index (χ3v) is 3.72. The van der Waals surface area contributed by atoms with Gasteiger partial charge in [-0.2, -0.15) is 0 Å². The topological polar surface area (TPSA) is 60.8 Å². The second-order valence-corrected chi connectivity index (χ2v) is 5.30. The number of piperazine rings is 1. The van der Waals surface area contributed by atoms with Crippen LogP contribution in [-0.4, -0.2) is 65.9 Å². The maximum Gasteiger partial charge on any atom is 0.219 e. The number of hydrogen-bond acceptors (Lipinski definition) is 3. The fourth-order valence-electron chi connectivity index (χ4n) is 2.48. The molecule has 0 bridgehead atoms. The highest BCUT2D eigenvalue weighted by atomic mass is 127. The number of nitrogens with zero attached hydrogens (tertiary/aromatic N) is 4. The van der Waals surface area contributed by atoms with Crippen LogP contribution in [0.25, 0.3) is 0 Å². The zero-order valence-electron chi connectivity index (χ0n) is 13.9. The number of halogens is 1. The Morgan fingerprint density at radius 2 is 1.96 bits per heavy atom. The molecule has 1 aliphatic heterocycles. The number of rotatable bonds is 4. The molecule has 23 heavy (non-hydrogen) atoms. The maximum absolute atomic E-state index is 11.4. The van der Waals surface area contributed by atoms with E-state index in [-0.39, 0.29) is 29.9 Å². The molecular formula is C16H26IN5O. The van der Waals surface area contributed by atoms with Crippen LogP contribution in [0.1, 0.15) is 19.5 Å². The van der Waals surface area contributed by atoms with Crippen LogP contribution in [0, 0.1) is 0 Å². The first-order chi connectivity index (χ1) is 10.7. The van der Waals surface area contributed by atoms with Crippen molar-refractivity contribution in [2.45, 2.75) is 20.3 Å². The van der Waals surface area contributed by atoms with Gasteiger partial charge in [-0.3, -0.25) is 14.8 Å². The Balaban J connectivity index is 0.00000264. The molecule has 0 spiro atoms. The number of amides is 1. The van der Waals surface area contributed by atoms with E-state index in [0.29, 0.717) is 6.54 Å². The Hall–Kier alpha value is -1.38. The highest BCUT2D eigenvalue weighted by molar-refractivity contribution is 14.0. The molecule has 0 unspecified atom stereocenters. The molecule has 7 heteroatoms. The van der Waals surface area contributed by atoms with Gasteiger partial charge in [0.1, 0.15) is 0 Å². The first kappa shape index (κ1) is 19.7. The van der Waals surface area contributed by atoms with Gasteiger partial charge in [-0.05, 0) is 19.1 Å². The van der Waals surface area contributed by atoms with E-state index in [4.69, 9.17) is 4.99 Å². The zero-order valence-corrected chi connectivity index (χ0v) is 16.2. The molecule has 1 aromatic rings. The average molecular weight is 431 g/mol. The van der Waals surface area contributed by atoms with E-state index in [1.807, 2.05) is 29.3 Å². The van der Waals surface area contributed by atoms with Gasteiger partial charge in [0, 0.05) is 64.5 Å². The lowest BCUT2D eigenvalue weighted by molar-refractivity contribution is -0.130. The fourth-order valence-corrected chi connectivity index (χ4v) is 2.48. The predicted octanol–water partition coefficient (Wildman–Crippen LogP) is 1.37. The van der Waals surface area contributed by atoms with Crippen LogP contribution in [0.5, 0.6) is 0 Å². The number of aliphatic imine (C=N–C) groups is 1. The van der Waals surface area contributed by atoms with Crippen molar-refractivity contribution < 1.29 is 4.79 Å². The van der Waals surface area contributed by atoms with E-state index in [1.54, 1.807) is 6.92 Å². The zero-order chi connectivity index (χ0) is 15.8. The summed E-state index contributed by atoms with van der Waals surface area (Å²) in [5.74, 6) is 1.08. The van der Waals surface area contributed by atoms with Gasteiger partial charge in [-0.25, -0.2) is 0 Å². The summed E-state index contributed by atoms with van der Waals surface area (Å²) in [6, 6.07) is 5.94. The summed E-state index contributed by atoms with van der Waals surface area (Å²) in [4.78, 5) is 24.5. The van der Waals surface area contributed by atoms with Crippen LogP contribution >= 0.6 is 24.0 Å². The molecule has 0 aromatic carbocycles. The summed E-state index contributed by atoms with van der Waals surface area (Å²) >= 11 is 0. The van der Waals surface area contributed by atoms with Gasteiger partial charge < -0.3 is 15.1 Å². The van der Waals surface area contributed by atoms with Crippen LogP contribution in [0.2, 0.25) is 0 Å². The first-order valence-corrected chi connectivity index (χ1v) is 7.89. The number of carbonyl (C=O) groups excluding carboxylic acids is 1. The summed E-state index contributed by atoms with van der Waals surface area (Å²) in [6.07, 6.45) is 2.65. The summed E-state index contributed by atoms with van der Waals surface area (Å²) < 4.78 is 0. The number of carbonyl (C=O) groups is 1. The molecule has 1 fully saturated rings. The summed E-state index contributed by atoms with van der Waals surface area (Å²) in [5.41, 5.74) is 1.06. The molecule has 1 saturated heterocycles. The van der Waals surface area contributed by atoms with Crippen molar-refractivity contribution in [3.05, 3.63) is 30.1 Å². The van der Waals surface area contributed by atoms with Gasteiger partial charge in [-0.15, -0.1) is 24.0 Å². The first-order valence-electron chi connectivity index (χ1n) is 7.89. The molecule has 128 valence electrons. The van der Waals surface area contributed by atoms with Crippen molar-refractivity contribution >= 4 is 35.8 Å². The van der Waals surface area contributed by atoms with Crippen molar-refractivity contribution in [2.75, 3.05) is 39.3 Å². The monoisotopic (exact) mass is 431 g/mol. The molecular weight excluding hydrogens is 405 g/mol. The van der Waals surface area contributed by atoms with E-state index in [1.165, 1.54) is 0 Å². The lowest BCUT2D eigenvalue weighted by Crippen LogP contribution is -2.53. The second kappa shape index (κ2) is 10.4. The van der Waals surface area contributed by atoms with Crippen LogP contribution in [-0.2, 0) is 11.2 Å². The van der Waals surface area contributed by atoms with Crippen molar-refractivity contribution in [3.63, 3.8) is 0 Å². The third kappa shape index (κ3) is 6.32. The summed E-state index contributed by atoms with van der Waals surface area (Å²) in [7, 11) is 0. The normalized spacial score (nSPS) is 15.1. The molecule has 6 nitrogen and oxygen atoms in total. The summed E-state index contributed by atoms with van der Waals surface area (Å²) in [5, 5.41) is 3.33. The van der Waals surface area contributed by atoms with Crippen molar-refractivity contribution in [3.8, 4) is 0 Å². The van der Waals surface area contributed by atoms with Crippen LogP contribution in [0.3, 0.4) is 0 Å². The van der Waals surface area contributed by atoms with E-state index in [2.05, 4.69) is 22.1 Å². The van der Waals surface area contributed by atoms with Gasteiger partial charge in [-0.1, -0.05) is 6.07 Å². The van der Waals surface area contributed by atoms with E-state index in [9.17, 15) is 4.79 Å². The van der Waals surface area contributed by atoms with Crippen LogP contribution < -0.4 is 5.32 Å². The lowest BCUT2D eigenvalue weighted by Gasteiger charge is -2.36. The molecule has 1 aliphatic rings. The average Bonchev–Trinajstić information content (AvgIpc) is 2.55. The van der Waals surface area contributed by atoms with E-state index >= 15 is 0 Å². The molecule has 0 aliphatic carbocycles. The van der Waals surface area contributed by atoms with Gasteiger partial charge >= 0.3 is 0 Å². The smallest absolute Gasteiger partial charge is 0.219 e. The van der Waals surface area contributed by atoms with Gasteiger partial charge in [0.25, 0.3) is 0 Å². The Morgan fingerprint density at radius 3 is 2.52 bits per heavy atom. The molecule has 0 saturated carbocycles. The largest absolute Gasteiger partial charge is 0.357 e. The molecule has 0 radical (unpaired) electrons. The van der Waals surface area contributed by atoms with Crippen LogP contribution in [0.15, 0.2) is 29.4 Å². The Bertz CT molecular complexity index is 500. The number of nitrogens with one attached hydrogen (secondary N) is 1. The number of aromatic nitrogens is 1. The van der Waals surface area contributed by atoms with Gasteiger partial charge in [0.15, 0.2) is 5.96 Å². The fraction of sp³-hybridized carbons (Fsp3) is 0.562. The molecule has 0 atom stereocenters. The minimum Gasteiger partial charge on any atom is -0.357 e. The number of guanidine groups is 1. The van der Waals surface area contributed by atoms with E-state index < -0.39 is 0 Å². The lowest BCUT2D eigenvalue weighted by atomic mass is 10.3. The van der Waals surface area contributed by atoms with Gasteiger partial charge in [0.05, 0.1) is 0 Å². The quantitative estimate of drug-likeness (QED) is 0.445. The molecule has 2 heterocycles. The van der Waals surface area contributed by atoms with E-state index in [0.717, 1.165) is 50.8 Å².